The Morgan fingerprint density at radius 3 is 1.88 bits per heavy atom. The first-order valence-corrected chi connectivity index (χ1v) is 14.2. The van der Waals surface area contributed by atoms with Crippen LogP contribution in [0.3, 0.4) is 0 Å². The van der Waals surface area contributed by atoms with Crippen molar-refractivity contribution in [1.29, 1.82) is 0 Å². The van der Waals surface area contributed by atoms with Gasteiger partial charge in [-0.3, -0.25) is 0 Å². The van der Waals surface area contributed by atoms with Crippen molar-refractivity contribution < 1.29 is 47.3 Å². The number of hydrogen-bond donors (Lipinski definition) is 0. The Hall–Kier alpha value is -0.0700. The summed E-state index contributed by atoms with van der Waals surface area (Å²) in [5, 5.41) is 0. The fraction of sp³-hybridized carbons (Fsp3) is 0.769. The molecule has 0 aliphatic heterocycles. The van der Waals surface area contributed by atoms with Crippen LogP contribution in [0.1, 0.15) is 115 Å². The van der Waals surface area contributed by atoms with E-state index in [9.17, 15) is 13.0 Å². The quantitative estimate of drug-likeness (QED) is 0.171. The van der Waals surface area contributed by atoms with E-state index in [2.05, 4.69) is 32.0 Å². The molecule has 1 rings (SSSR count). The summed E-state index contributed by atoms with van der Waals surface area (Å²) in [5.41, 5.74) is 2.36. The van der Waals surface area contributed by atoms with Gasteiger partial charge < -0.3 is 9.29 Å². The van der Waals surface area contributed by atoms with Crippen LogP contribution < -0.4 is 34.3 Å². The summed E-state index contributed by atoms with van der Waals surface area (Å²) in [6, 6.07) is 6.42. The second kappa shape index (κ2) is 19.3. The fourth-order valence-electron chi connectivity index (χ4n) is 3.92. The van der Waals surface area contributed by atoms with Gasteiger partial charge in [0, 0.05) is 0 Å². The standard InChI is InChI=1S/C26H46O4S.Na/c1-4-7-9-11-13-15-17-23-19-20-24(18-16-14-12-10-8-5-2)26(21-23)30-25(6-3)22-31(27,28)29;/h19-21,25H,4-18,22H2,1-3H3,(H,27,28,29);/q;+1/p-1. The zero-order valence-electron chi connectivity index (χ0n) is 21.2. The van der Waals surface area contributed by atoms with Crippen LogP contribution in [0.15, 0.2) is 18.2 Å². The second-order valence-electron chi connectivity index (χ2n) is 8.85. The molecule has 0 aromatic heterocycles. The third kappa shape index (κ3) is 15.7. The average molecular weight is 477 g/mol. The van der Waals surface area contributed by atoms with Gasteiger partial charge in [0.25, 0.3) is 0 Å². The minimum absolute atomic E-state index is 0. The van der Waals surface area contributed by atoms with Crippen molar-refractivity contribution in [3.8, 4) is 5.75 Å². The van der Waals surface area contributed by atoms with Crippen LogP contribution in [-0.4, -0.2) is 24.8 Å². The molecule has 0 aliphatic carbocycles. The first kappa shape index (κ1) is 31.9. The molecule has 6 heteroatoms. The van der Waals surface area contributed by atoms with E-state index in [1.165, 1.54) is 69.8 Å². The van der Waals surface area contributed by atoms with E-state index >= 15 is 0 Å². The average Bonchev–Trinajstić information content (AvgIpc) is 2.72. The Bertz CT molecular complexity index is 691. The SMILES string of the molecule is CCCCCCCCc1ccc(CCCCCCCC)c(OC(CC)CS(=O)(=O)[O-])c1.[Na+]. The monoisotopic (exact) mass is 476 g/mol. The molecule has 4 nitrogen and oxygen atoms in total. The molecule has 0 saturated carbocycles. The van der Waals surface area contributed by atoms with Gasteiger partial charge in [-0.05, 0) is 49.3 Å². The third-order valence-corrected chi connectivity index (χ3v) is 6.67. The number of rotatable bonds is 19. The third-order valence-electron chi connectivity index (χ3n) is 5.89. The van der Waals surface area contributed by atoms with Crippen LogP contribution in [0.5, 0.6) is 5.75 Å². The predicted molar refractivity (Wildman–Crippen MR) is 130 cm³/mol. The summed E-state index contributed by atoms with van der Waals surface area (Å²) >= 11 is 0. The maximum atomic E-state index is 11.3. The molecule has 0 saturated heterocycles. The van der Waals surface area contributed by atoms with Gasteiger partial charge in [-0.15, -0.1) is 0 Å². The largest absolute Gasteiger partial charge is 1.00 e. The van der Waals surface area contributed by atoms with Gasteiger partial charge in [-0.25, -0.2) is 8.42 Å². The van der Waals surface area contributed by atoms with Crippen LogP contribution in [0, 0.1) is 0 Å². The molecule has 1 atom stereocenters. The molecule has 0 aliphatic rings. The normalized spacial score (nSPS) is 12.4. The van der Waals surface area contributed by atoms with E-state index in [1.807, 2.05) is 6.92 Å². The smallest absolute Gasteiger partial charge is 0.748 e. The molecule has 1 unspecified atom stereocenters. The van der Waals surface area contributed by atoms with Gasteiger partial charge in [0.2, 0.25) is 0 Å². The van der Waals surface area contributed by atoms with Crippen molar-refractivity contribution in [3.05, 3.63) is 29.3 Å². The van der Waals surface area contributed by atoms with Gasteiger partial charge in [0.15, 0.2) is 0 Å². The van der Waals surface area contributed by atoms with Crippen LogP contribution in [0.4, 0.5) is 0 Å². The number of ether oxygens (including phenoxy) is 1. The van der Waals surface area contributed by atoms with Crippen molar-refractivity contribution in [2.75, 3.05) is 5.75 Å². The summed E-state index contributed by atoms with van der Waals surface area (Å²) in [4.78, 5) is 0. The molecule has 180 valence electrons. The summed E-state index contributed by atoms with van der Waals surface area (Å²) < 4.78 is 39.8. The molecule has 0 fully saturated rings. The van der Waals surface area contributed by atoms with E-state index in [-0.39, 0.29) is 29.6 Å². The molecule has 0 N–H and O–H groups in total. The molecular weight excluding hydrogens is 431 g/mol. The Morgan fingerprint density at radius 2 is 1.34 bits per heavy atom. The van der Waals surface area contributed by atoms with E-state index in [0.717, 1.165) is 37.0 Å². The van der Waals surface area contributed by atoms with Crippen LogP contribution in [0.2, 0.25) is 0 Å². The van der Waals surface area contributed by atoms with Crippen LogP contribution in [0.25, 0.3) is 0 Å². The molecule has 1 aromatic rings. The molecule has 32 heavy (non-hydrogen) atoms. The Balaban J connectivity index is 0.00000961. The summed E-state index contributed by atoms with van der Waals surface area (Å²) in [5.74, 6) is 0.300. The maximum Gasteiger partial charge on any atom is 1.00 e. The number of aryl methyl sites for hydroxylation is 2. The molecule has 0 radical (unpaired) electrons. The molecule has 0 amide bonds. The number of benzene rings is 1. The first-order chi connectivity index (χ1) is 14.9. The summed E-state index contributed by atoms with van der Waals surface area (Å²) in [6.45, 7) is 6.32. The molecular formula is C26H45NaO4S. The number of unbranched alkanes of at least 4 members (excludes halogenated alkanes) is 10. The summed E-state index contributed by atoms with van der Waals surface area (Å²) in [6.07, 6.45) is 16.8. The van der Waals surface area contributed by atoms with Gasteiger partial charge in [0.1, 0.15) is 11.9 Å². The fourth-order valence-corrected chi connectivity index (χ4v) is 4.68. The first-order valence-electron chi connectivity index (χ1n) is 12.6. The van der Waals surface area contributed by atoms with Crippen LogP contribution >= 0.6 is 0 Å². The van der Waals surface area contributed by atoms with Gasteiger partial charge in [-0.2, -0.15) is 0 Å². The molecule has 0 spiro atoms. The molecule has 1 aromatic carbocycles. The topological polar surface area (TPSA) is 66.4 Å². The predicted octanol–water partition coefficient (Wildman–Crippen LogP) is 4.20. The molecule has 0 heterocycles. The van der Waals surface area contributed by atoms with E-state index in [0.29, 0.717) is 6.42 Å². The second-order valence-corrected chi connectivity index (χ2v) is 10.3. The minimum atomic E-state index is -4.31. The van der Waals surface area contributed by atoms with Gasteiger partial charge >= 0.3 is 29.6 Å². The van der Waals surface area contributed by atoms with Crippen molar-refractivity contribution in [2.24, 2.45) is 0 Å². The zero-order valence-corrected chi connectivity index (χ0v) is 24.0. The Labute approximate surface area is 220 Å². The van der Waals surface area contributed by atoms with Crippen molar-refractivity contribution in [2.45, 2.75) is 123 Å². The van der Waals surface area contributed by atoms with Crippen LogP contribution in [-0.2, 0) is 23.0 Å². The summed E-state index contributed by atoms with van der Waals surface area (Å²) in [7, 11) is -4.31. The van der Waals surface area contributed by atoms with Gasteiger partial charge in [-0.1, -0.05) is 97.1 Å². The van der Waals surface area contributed by atoms with E-state index in [4.69, 9.17) is 4.74 Å². The van der Waals surface area contributed by atoms with E-state index < -0.39 is 22.0 Å². The Kier molecular flexibility index (Phi) is 19.2. The van der Waals surface area contributed by atoms with Gasteiger partial charge in [0.05, 0.1) is 15.9 Å². The number of hydrogen-bond acceptors (Lipinski definition) is 4. The van der Waals surface area contributed by atoms with Crippen molar-refractivity contribution in [1.82, 2.24) is 0 Å². The molecule has 0 bridgehead atoms. The maximum absolute atomic E-state index is 11.3. The zero-order chi connectivity index (χ0) is 23.0. The van der Waals surface area contributed by atoms with Crippen molar-refractivity contribution in [3.63, 3.8) is 0 Å². The van der Waals surface area contributed by atoms with Crippen molar-refractivity contribution >= 4 is 10.1 Å². The van der Waals surface area contributed by atoms with E-state index in [1.54, 1.807) is 0 Å². The minimum Gasteiger partial charge on any atom is -0.748 e. The Morgan fingerprint density at radius 1 is 0.812 bits per heavy atom.